The van der Waals surface area contributed by atoms with Gasteiger partial charge in [0, 0.05) is 5.92 Å². The average Bonchev–Trinajstić information content (AvgIpc) is 2.55. The minimum Gasteiger partial charge on any atom is -0.507 e. The molecule has 0 aromatic heterocycles. The summed E-state index contributed by atoms with van der Waals surface area (Å²) < 4.78 is 0. The van der Waals surface area contributed by atoms with Gasteiger partial charge in [-0.25, -0.2) is 0 Å². The van der Waals surface area contributed by atoms with Crippen LogP contribution in [0.2, 0.25) is 0 Å². The quantitative estimate of drug-likeness (QED) is 0.658. The molecule has 0 heterocycles. The molecule has 3 rings (SSSR count). The second-order valence-corrected chi connectivity index (χ2v) is 5.76. The summed E-state index contributed by atoms with van der Waals surface area (Å²) >= 11 is 0. The van der Waals surface area contributed by atoms with Gasteiger partial charge in [-0.3, -0.25) is 0 Å². The first-order valence-corrected chi connectivity index (χ1v) is 7.57. The van der Waals surface area contributed by atoms with Crippen molar-refractivity contribution in [3.8, 4) is 5.75 Å². The molecule has 0 saturated carbocycles. The van der Waals surface area contributed by atoms with Gasteiger partial charge in [0.1, 0.15) is 5.75 Å². The van der Waals surface area contributed by atoms with Gasteiger partial charge in [-0.2, -0.15) is 0 Å². The highest BCUT2D eigenvalue weighted by atomic mass is 16.3. The van der Waals surface area contributed by atoms with E-state index in [9.17, 15) is 5.11 Å². The lowest BCUT2D eigenvalue weighted by atomic mass is 9.84. The molecule has 0 unspecified atom stereocenters. The van der Waals surface area contributed by atoms with Crippen molar-refractivity contribution in [3.63, 3.8) is 0 Å². The first kappa shape index (κ1) is 14.4. The number of phenols is 1. The van der Waals surface area contributed by atoms with E-state index < -0.39 is 0 Å². The highest BCUT2D eigenvalue weighted by Gasteiger charge is 2.18. The zero-order chi connectivity index (χ0) is 15.5. The molecule has 0 bridgehead atoms. The molecule has 3 aromatic rings. The number of rotatable bonds is 3. The third-order valence-electron chi connectivity index (χ3n) is 4.11. The average molecular weight is 288 g/mol. The molecule has 110 valence electrons. The lowest BCUT2D eigenvalue weighted by Crippen LogP contribution is -2.04. The molecule has 0 aliphatic heterocycles. The Labute approximate surface area is 131 Å². The second kappa shape index (κ2) is 6.07. The molecule has 0 amide bonds. The lowest BCUT2D eigenvalue weighted by Gasteiger charge is -2.20. The molecule has 3 aromatic carbocycles. The van der Waals surface area contributed by atoms with Gasteiger partial charge >= 0.3 is 0 Å². The molecule has 1 N–H and O–H groups in total. The van der Waals surface area contributed by atoms with E-state index in [1.54, 1.807) is 0 Å². The monoisotopic (exact) mass is 288 g/mol. The van der Waals surface area contributed by atoms with Crippen LogP contribution in [0.5, 0.6) is 5.75 Å². The van der Waals surface area contributed by atoms with Crippen LogP contribution in [-0.2, 0) is 0 Å². The van der Waals surface area contributed by atoms with Gasteiger partial charge < -0.3 is 5.11 Å². The third-order valence-corrected chi connectivity index (χ3v) is 4.11. The maximum Gasteiger partial charge on any atom is 0.121 e. The van der Waals surface area contributed by atoms with E-state index in [0.717, 1.165) is 11.1 Å². The van der Waals surface area contributed by atoms with Gasteiger partial charge in [0.25, 0.3) is 0 Å². The van der Waals surface area contributed by atoms with Crippen LogP contribution in [0.25, 0.3) is 0 Å². The Kier molecular flexibility index (Phi) is 3.97. The van der Waals surface area contributed by atoms with Crippen LogP contribution in [0.15, 0.2) is 72.8 Å². The summed E-state index contributed by atoms with van der Waals surface area (Å²) in [5, 5.41) is 10.1. The summed E-state index contributed by atoms with van der Waals surface area (Å²) in [5.41, 5.74) is 5.58. The van der Waals surface area contributed by atoms with E-state index in [1.165, 1.54) is 16.7 Å². The van der Waals surface area contributed by atoms with E-state index in [-0.39, 0.29) is 5.92 Å². The topological polar surface area (TPSA) is 20.2 Å². The van der Waals surface area contributed by atoms with E-state index in [2.05, 4.69) is 60.7 Å². The molecule has 0 atom stereocenters. The molecule has 0 aliphatic carbocycles. The first-order chi connectivity index (χ1) is 10.7. The zero-order valence-electron chi connectivity index (χ0n) is 13.0. The maximum absolute atomic E-state index is 10.1. The molecule has 0 aliphatic rings. The molecule has 0 saturated heterocycles. The van der Waals surface area contributed by atoms with Crippen molar-refractivity contribution in [1.82, 2.24) is 0 Å². The van der Waals surface area contributed by atoms with Crippen molar-refractivity contribution in [2.45, 2.75) is 19.8 Å². The zero-order valence-corrected chi connectivity index (χ0v) is 13.0. The standard InChI is InChI=1S/C21H20O/c1-15-13-19(14-16(2)21(15)22)20(17-9-5-3-6-10-17)18-11-7-4-8-12-18/h3-14,20,22H,1-2H3. The lowest BCUT2D eigenvalue weighted by molar-refractivity contribution is 0.466. The van der Waals surface area contributed by atoms with Crippen molar-refractivity contribution in [1.29, 1.82) is 0 Å². The van der Waals surface area contributed by atoms with Crippen LogP contribution in [0.4, 0.5) is 0 Å². The van der Waals surface area contributed by atoms with Crippen LogP contribution < -0.4 is 0 Å². The molecular weight excluding hydrogens is 268 g/mol. The molecule has 0 radical (unpaired) electrons. The summed E-state index contributed by atoms with van der Waals surface area (Å²) in [4.78, 5) is 0. The van der Waals surface area contributed by atoms with Gasteiger partial charge in [0.05, 0.1) is 0 Å². The van der Waals surface area contributed by atoms with E-state index in [1.807, 2.05) is 26.0 Å². The molecule has 0 spiro atoms. The summed E-state index contributed by atoms with van der Waals surface area (Å²) in [5.74, 6) is 0.573. The largest absolute Gasteiger partial charge is 0.507 e. The Morgan fingerprint density at radius 2 is 1.05 bits per heavy atom. The SMILES string of the molecule is Cc1cc(C(c2ccccc2)c2ccccc2)cc(C)c1O. The normalized spacial score (nSPS) is 10.9. The number of aromatic hydroxyl groups is 1. The molecule has 22 heavy (non-hydrogen) atoms. The number of aryl methyl sites for hydroxylation is 2. The van der Waals surface area contributed by atoms with Crippen molar-refractivity contribution >= 4 is 0 Å². The van der Waals surface area contributed by atoms with E-state index in [4.69, 9.17) is 0 Å². The van der Waals surface area contributed by atoms with Gasteiger partial charge in [-0.1, -0.05) is 72.8 Å². The fourth-order valence-electron chi connectivity index (χ4n) is 3.02. The van der Waals surface area contributed by atoms with Gasteiger partial charge in [-0.05, 0) is 41.7 Å². The fraction of sp³-hybridized carbons (Fsp3) is 0.143. The van der Waals surface area contributed by atoms with Crippen LogP contribution >= 0.6 is 0 Å². The maximum atomic E-state index is 10.1. The Bertz CT molecular complexity index is 698. The van der Waals surface area contributed by atoms with Gasteiger partial charge in [-0.15, -0.1) is 0 Å². The summed E-state index contributed by atoms with van der Waals surface area (Å²) in [6, 6.07) is 25.2. The number of hydrogen-bond acceptors (Lipinski definition) is 1. The first-order valence-electron chi connectivity index (χ1n) is 7.57. The van der Waals surface area contributed by atoms with Crippen molar-refractivity contribution < 1.29 is 5.11 Å². The van der Waals surface area contributed by atoms with Crippen molar-refractivity contribution in [2.75, 3.05) is 0 Å². The number of benzene rings is 3. The van der Waals surface area contributed by atoms with Gasteiger partial charge in [0.2, 0.25) is 0 Å². The Balaban J connectivity index is 2.19. The number of phenolic OH excluding ortho intramolecular Hbond substituents is 1. The van der Waals surface area contributed by atoms with Crippen LogP contribution in [0.1, 0.15) is 33.7 Å². The predicted octanol–water partition coefficient (Wildman–Crippen LogP) is 5.19. The number of hydrogen-bond donors (Lipinski definition) is 1. The molecule has 1 heteroatoms. The van der Waals surface area contributed by atoms with Crippen molar-refractivity contribution in [2.24, 2.45) is 0 Å². The minimum absolute atomic E-state index is 0.181. The third kappa shape index (κ3) is 2.75. The minimum atomic E-state index is 0.181. The summed E-state index contributed by atoms with van der Waals surface area (Å²) in [6.45, 7) is 3.91. The van der Waals surface area contributed by atoms with Gasteiger partial charge in [0.15, 0.2) is 0 Å². The van der Waals surface area contributed by atoms with E-state index in [0.29, 0.717) is 5.75 Å². The Hall–Kier alpha value is -2.54. The Morgan fingerprint density at radius 1 is 0.636 bits per heavy atom. The van der Waals surface area contributed by atoms with Crippen LogP contribution in [0.3, 0.4) is 0 Å². The molecule has 0 fully saturated rings. The smallest absolute Gasteiger partial charge is 0.121 e. The Morgan fingerprint density at radius 3 is 1.45 bits per heavy atom. The predicted molar refractivity (Wildman–Crippen MR) is 91.4 cm³/mol. The summed E-state index contributed by atoms with van der Waals surface area (Å²) in [6.07, 6.45) is 0. The highest BCUT2D eigenvalue weighted by molar-refractivity contribution is 5.49. The van der Waals surface area contributed by atoms with Crippen LogP contribution in [0, 0.1) is 13.8 Å². The molecular formula is C21H20O. The van der Waals surface area contributed by atoms with E-state index >= 15 is 0 Å². The van der Waals surface area contributed by atoms with Crippen molar-refractivity contribution in [3.05, 3.63) is 101 Å². The van der Waals surface area contributed by atoms with Crippen LogP contribution in [-0.4, -0.2) is 5.11 Å². The molecule has 1 nitrogen and oxygen atoms in total. The fourth-order valence-corrected chi connectivity index (χ4v) is 3.02. The highest BCUT2D eigenvalue weighted by Crippen LogP contribution is 2.35. The second-order valence-electron chi connectivity index (χ2n) is 5.76. The summed E-state index contributed by atoms with van der Waals surface area (Å²) in [7, 11) is 0.